The second-order valence-electron chi connectivity index (χ2n) is 11.7. The molecule has 0 bridgehead atoms. The molecule has 7 aromatic rings. The van der Waals surface area contributed by atoms with Gasteiger partial charge in [-0.3, -0.25) is 9.98 Å². The summed E-state index contributed by atoms with van der Waals surface area (Å²) < 4.78 is 11.4. The highest BCUT2D eigenvalue weighted by Gasteiger charge is 2.41. The minimum absolute atomic E-state index is 0.150. The first-order valence-electron chi connectivity index (χ1n) is 15.1. The molecule has 2 aliphatic rings. The summed E-state index contributed by atoms with van der Waals surface area (Å²) in [7, 11) is 0. The molecule has 5 heteroatoms. The van der Waals surface area contributed by atoms with Crippen molar-refractivity contribution in [2.45, 2.75) is 24.8 Å². The SMILES string of the molecule is C=CC1=NC2C(=C)[n+]3c(n(-c4ccccc4)c4cnccc43)-c3c(ccc4c3oc3ccccc34)CCC2c2ccccc21. The molecule has 5 heterocycles. The Morgan fingerprint density at radius 3 is 2.59 bits per heavy atom. The number of fused-ring (bicyclic) bond motifs is 12. The summed E-state index contributed by atoms with van der Waals surface area (Å²) in [6.07, 6.45) is 7.47. The lowest BCUT2D eigenvalue weighted by atomic mass is 9.79. The van der Waals surface area contributed by atoms with E-state index in [1.165, 1.54) is 11.1 Å². The van der Waals surface area contributed by atoms with E-state index in [1.807, 2.05) is 24.5 Å². The van der Waals surface area contributed by atoms with E-state index in [-0.39, 0.29) is 12.0 Å². The number of pyridine rings is 1. The molecule has 9 rings (SSSR count). The van der Waals surface area contributed by atoms with Crippen molar-refractivity contribution in [2.24, 2.45) is 4.99 Å². The van der Waals surface area contributed by atoms with Crippen molar-refractivity contribution >= 4 is 44.4 Å². The first kappa shape index (κ1) is 25.0. The van der Waals surface area contributed by atoms with Crippen LogP contribution in [0, 0.1) is 0 Å². The van der Waals surface area contributed by atoms with E-state index >= 15 is 0 Å². The van der Waals surface area contributed by atoms with Crippen molar-refractivity contribution in [1.82, 2.24) is 9.55 Å². The van der Waals surface area contributed by atoms with Crippen LogP contribution in [0.4, 0.5) is 0 Å². The molecule has 210 valence electrons. The highest BCUT2D eigenvalue weighted by atomic mass is 16.3. The average molecular weight is 570 g/mol. The summed E-state index contributed by atoms with van der Waals surface area (Å²) in [5.41, 5.74) is 11.5. The van der Waals surface area contributed by atoms with Crippen LogP contribution in [0.15, 0.2) is 138 Å². The third-order valence-corrected chi connectivity index (χ3v) is 9.40. The first-order chi connectivity index (χ1) is 21.7. The smallest absolute Gasteiger partial charge is 0.304 e. The molecule has 5 nitrogen and oxygen atoms in total. The lowest BCUT2D eigenvalue weighted by molar-refractivity contribution is -0.543. The summed E-state index contributed by atoms with van der Waals surface area (Å²) in [6, 6.07) is 33.9. The van der Waals surface area contributed by atoms with Crippen molar-refractivity contribution < 1.29 is 8.98 Å². The van der Waals surface area contributed by atoms with Gasteiger partial charge in [0, 0.05) is 34.5 Å². The van der Waals surface area contributed by atoms with Crippen molar-refractivity contribution in [1.29, 1.82) is 0 Å². The van der Waals surface area contributed by atoms with Gasteiger partial charge in [0.25, 0.3) is 0 Å². The minimum Gasteiger partial charge on any atom is -0.455 e. The molecule has 0 saturated carbocycles. The van der Waals surface area contributed by atoms with Crippen LogP contribution in [-0.2, 0) is 6.42 Å². The van der Waals surface area contributed by atoms with Gasteiger partial charge in [-0.2, -0.15) is 9.13 Å². The maximum absolute atomic E-state index is 6.76. The van der Waals surface area contributed by atoms with Crippen LogP contribution in [-0.4, -0.2) is 21.3 Å². The average Bonchev–Trinajstić information content (AvgIpc) is 3.63. The Labute approximate surface area is 254 Å². The molecular formula is C39H29N4O+. The third kappa shape index (κ3) is 3.44. The number of allylic oxidation sites excluding steroid dienone is 1. The molecule has 0 aliphatic carbocycles. The zero-order chi connectivity index (χ0) is 29.4. The van der Waals surface area contributed by atoms with E-state index in [9.17, 15) is 0 Å². The van der Waals surface area contributed by atoms with E-state index < -0.39 is 0 Å². The van der Waals surface area contributed by atoms with Gasteiger partial charge in [0.1, 0.15) is 28.6 Å². The predicted molar refractivity (Wildman–Crippen MR) is 177 cm³/mol. The van der Waals surface area contributed by atoms with E-state index in [2.05, 4.69) is 112 Å². The summed E-state index contributed by atoms with van der Waals surface area (Å²) in [5, 5.41) is 2.22. The molecule has 0 spiro atoms. The summed E-state index contributed by atoms with van der Waals surface area (Å²) in [6.45, 7) is 8.97. The molecule has 44 heavy (non-hydrogen) atoms. The number of aromatic nitrogens is 3. The predicted octanol–water partition coefficient (Wildman–Crippen LogP) is 8.44. The molecule has 3 aromatic heterocycles. The lowest BCUT2D eigenvalue weighted by Gasteiger charge is -2.31. The van der Waals surface area contributed by atoms with Gasteiger partial charge in [-0.05, 0) is 48.2 Å². The molecule has 2 unspecified atom stereocenters. The molecule has 2 aliphatic heterocycles. The summed E-state index contributed by atoms with van der Waals surface area (Å²) >= 11 is 0. The number of hydrogen-bond acceptors (Lipinski definition) is 3. The van der Waals surface area contributed by atoms with Crippen LogP contribution >= 0.6 is 0 Å². The minimum atomic E-state index is -0.176. The Bertz CT molecular complexity index is 2340. The van der Waals surface area contributed by atoms with Crippen LogP contribution in [0.3, 0.4) is 0 Å². The lowest BCUT2D eigenvalue weighted by Crippen LogP contribution is -2.42. The number of furan rings is 1. The van der Waals surface area contributed by atoms with E-state index in [0.29, 0.717) is 0 Å². The largest absolute Gasteiger partial charge is 0.455 e. The molecule has 0 saturated heterocycles. The van der Waals surface area contributed by atoms with Crippen LogP contribution in [0.25, 0.3) is 55.7 Å². The fourth-order valence-corrected chi connectivity index (χ4v) is 7.46. The van der Waals surface area contributed by atoms with Gasteiger partial charge in [0.2, 0.25) is 0 Å². The van der Waals surface area contributed by atoms with Crippen LogP contribution in [0.2, 0.25) is 0 Å². The van der Waals surface area contributed by atoms with Gasteiger partial charge < -0.3 is 4.42 Å². The molecular weight excluding hydrogens is 540 g/mol. The Balaban J connectivity index is 1.45. The maximum Gasteiger partial charge on any atom is 0.304 e. The monoisotopic (exact) mass is 569 g/mol. The highest BCUT2D eigenvalue weighted by Crippen LogP contribution is 2.44. The zero-order valence-electron chi connectivity index (χ0n) is 24.1. The maximum atomic E-state index is 6.76. The second-order valence-corrected chi connectivity index (χ2v) is 11.7. The van der Waals surface area contributed by atoms with Crippen molar-refractivity contribution in [3.63, 3.8) is 0 Å². The first-order valence-corrected chi connectivity index (χ1v) is 15.1. The number of aliphatic imine (C=N–C) groups is 1. The topological polar surface area (TPSA) is 47.2 Å². The molecule has 0 amide bonds. The Morgan fingerprint density at radius 1 is 0.886 bits per heavy atom. The fraction of sp³-hybridized carbons (Fsp3) is 0.103. The quantitative estimate of drug-likeness (QED) is 0.196. The molecule has 4 aromatic carbocycles. The van der Waals surface area contributed by atoms with Gasteiger partial charge in [0.05, 0.1) is 11.9 Å². The van der Waals surface area contributed by atoms with Gasteiger partial charge in [0.15, 0.2) is 16.6 Å². The molecule has 2 atom stereocenters. The van der Waals surface area contributed by atoms with Gasteiger partial charge in [-0.1, -0.05) is 86.0 Å². The Kier molecular flexibility index (Phi) is 5.38. The van der Waals surface area contributed by atoms with Crippen molar-refractivity contribution in [3.8, 4) is 17.1 Å². The number of benzene rings is 4. The number of aryl methyl sites for hydroxylation is 1. The molecule has 0 radical (unpaired) electrons. The van der Waals surface area contributed by atoms with Crippen molar-refractivity contribution in [2.75, 3.05) is 0 Å². The van der Waals surface area contributed by atoms with E-state index in [0.717, 1.165) is 79.9 Å². The second kappa shape index (κ2) is 9.48. The number of hydrogen-bond donors (Lipinski definition) is 0. The van der Waals surface area contributed by atoms with Crippen molar-refractivity contribution in [3.05, 3.63) is 145 Å². The Morgan fingerprint density at radius 2 is 1.70 bits per heavy atom. The third-order valence-electron chi connectivity index (χ3n) is 9.40. The molecule has 0 fully saturated rings. The Hall–Kier alpha value is -5.55. The standard InChI is InChI=1S/C39H29N4O/c1-3-32-28-14-8-7-13-27(28)30-19-17-25-18-20-31-29-15-9-10-16-35(29)44-38(31)36(25)39-42(24(2)37(30)41-32)33-21-22-40-23-34(33)43(39)26-11-5-4-6-12-26/h3-16,18,20-23,30,37H,1-2,17,19H2/q+1. The number of nitrogens with zero attached hydrogens (tertiary/aromatic N) is 4. The number of para-hydroxylation sites is 2. The van der Waals surface area contributed by atoms with Gasteiger partial charge in [-0.25, -0.2) is 0 Å². The highest BCUT2D eigenvalue weighted by molar-refractivity contribution is 6.11. The number of rotatable bonds is 2. The van der Waals surface area contributed by atoms with Gasteiger partial charge in [-0.15, -0.1) is 0 Å². The normalized spacial score (nSPS) is 17.6. The molecule has 0 N–H and O–H groups in total. The van der Waals surface area contributed by atoms with Crippen LogP contribution < -0.4 is 4.57 Å². The number of imidazole rings is 1. The fourth-order valence-electron chi connectivity index (χ4n) is 7.46. The van der Waals surface area contributed by atoms with Gasteiger partial charge >= 0.3 is 5.82 Å². The van der Waals surface area contributed by atoms with Crippen LogP contribution in [0.5, 0.6) is 0 Å². The summed E-state index contributed by atoms with van der Waals surface area (Å²) in [4.78, 5) is 9.96. The van der Waals surface area contributed by atoms with E-state index in [1.54, 1.807) is 0 Å². The summed E-state index contributed by atoms with van der Waals surface area (Å²) in [5.74, 6) is 1.15. The van der Waals surface area contributed by atoms with Crippen LogP contribution in [0.1, 0.15) is 29.0 Å². The van der Waals surface area contributed by atoms with E-state index in [4.69, 9.17) is 16.0 Å². The zero-order valence-corrected chi connectivity index (χ0v) is 24.1.